The molecule has 0 aromatic heterocycles. The van der Waals surface area contributed by atoms with Crippen LogP contribution in [0.3, 0.4) is 0 Å². The predicted molar refractivity (Wildman–Crippen MR) is 89.6 cm³/mol. The van der Waals surface area contributed by atoms with Gasteiger partial charge in [-0.1, -0.05) is 11.6 Å². The minimum Gasteiger partial charge on any atom is -0.481 e. The smallest absolute Gasteiger partial charge is 0.311 e. The second-order valence-corrected chi connectivity index (χ2v) is 7.85. The number of carboxylic acids is 4. The first-order valence-electron chi connectivity index (χ1n) is 8.08. The van der Waals surface area contributed by atoms with Gasteiger partial charge in [0.1, 0.15) is 0 Å². The zero-order valence-electron chi connectivity index (χ0n) is 15.1. The summed E-state index contributed by atoms with van der Waals surface area (Å²) in [6, 6.07) is 0. The molecule has 9 nitrogen and oxygen atoms in total. The third kappa shape index (κ3) is 5.29. The van der Waals surface area contributed by atoms with Crippen molar-refractivity contribution in [2.75, 3.05) is 0 Å². The van der Waals surface area contributed by atoms with Gasteiger partial charge in [-0.25, -0.2) is 0 Å². The monoisotopic (exact) mass is 371 g/mol. The minimum atomic E-state index is -1.91. The van der Waals surface area contributed by atoms with E-state index in [-0.39, 0.29) is 12.0 Å². The second kappa shape index (κ2) is 7.45. The highest BCUT2D eigenvalue weighted by molar-refractivity contribution is 5.89. The Balaban J connectivity index is 3.49. The lowest BCUT2D eigenvalue weighted by Gasteiger charge is -2.43. The van der Waals surface area contributed by atoms with Crippen LogP contribution in [0, 0.1) is 17.8 Å². The fraction of sp³-hybridized carbons (Fsp3) is 0.647. The van der Waals surface area contributed by atoms with Crippen LogP contribution in [-0.2, 0) is 19.2 Å². The van der Waals surface area contributed by atoms with Crippen molar-refractivity contribution in [2.45, 2.75) is 51.6 Å². The summed E-state index contributed by atoms with van der Waals surface area (Å²) in [4.78, 5) is 46.2. The molecule has 3 atom stereocenters. The highest BCUT2D eigenvalue weighted by atomic mass is 16.4. The average molecular weight is 371 g/mol. The fourth-order valence-electron chi connectivity index (χ4n) is 3.82. The Hall–Kier alpha value is -2.42. The largest absolute Gasteiger partial charge is 0.481 e. The van der Waals surface area contributed by atoms with Crippen LogP contribution in [0.2, 0.25) is 0 Å². The number of aliphatic carboxylic acids is 4. The molecule has 0 radical (unpaired) electrons. The lowest BCUT2D eigenvalue weighted by atomic mass is 9.70. The van der Waals surface area contributed by atoms with Gasteiger partial charge in [0.15, 0.2) is 0 Å². The van der Waals surface area contributed by atoms with Crippen molar-refractivity contribution in [2.24, 2.45) is 17.8 Å². The highest BCUT2D eigenvalue weighted by Crippen LogP contribution is 2.38. The number of hydrogen-bond acceptors (Lipinski definition) is 5. The number of carboxylic acid groups (broad SMARTS) is 4. The maximum Gasteiger partial charge on any atom is 0.311 e. The first kappa shape index (κ1) is 21.6. The van der Waals surface area contributed by atoms with E-state index >= 15 is 0 Å². The Morgan fingerprint density at radius 1 is 1.00 bits per heavy atom. The molecule has 146 valence electrons. The van der Waals surface area contributed by atoms with Crippen LogP contribution in [0.1, 0.15) is 40.5 Å². The number of rotatable bonds is 8. The molecule has 3 unspecified atom stereocenters. The average Bonchev–Trinajstić information content (AvgIpc) is 2.37. The Labute approximate surface area is 150 Å². The molecule has 1 aliphatic rings. The Morgan fingerprint density at radius 3 is 1.88 bits per heavy atom. The van der Waals surface area contributed by atoms with Crippen molar-refractivity contribution in [1.29, 1.82) is 0 Å². The van der Waals surface area contributed by atoms with Gasteiger partial charge in [0, 0.05) is 11.1 Å². The second-order valence-electron chi connectivity index (χ2n) is 7.85. The third-order valence-electron chi connectivity index (χ3n) is 4.31. The van der Waals surface area contributed by atoms with Gasteiger partial charge >= 0.3 is 23.9 Å². The van der Waals surface area contributed by atoms with Crippen LogP contribution in [-0.4, -0.2) is 55.4 Å². The van der Waals surface area contributed by atoms with Gasteiger partial charge in [-0.05, 0) is 34.1 Å². The van der Waals surface area contributed by atoms with Gasteiger partial charge in [-0.2, -0.15) is 0 Å². The predicted octanol–water partition coefficient (Wildman–Crippen LogP) is 1.04. The molecule has 1 aliphatic heterocycles. The Morgan fingerprint density at radius 2 is 1.54 bits per heavy atom. The third-order valence-corrected chi connectivity index (χ3v) is 4.31. The molecule has 26 heavy (non-hydrogen) atoms. The molecule has 5 N–H and O–H groups in total. The summed E-state index contributed by atoms with van der Waals surface area (Å²) in [6.45, 7) is 7.22. The molecule has 0 aromatic rings. The molecule has 0 aromatic carbocycles. The van der Waals surface area contributed by atoms with Crippen molar-refractivity contribution in [3.8, 4) is 0 Å². The molecule has 0 spiro atoms. The van der Waals surface area contributed by atoms with E-state index in [9.17, 15) is 34.5 Å². The van der Waals surface area contributed by atoms with E-state index in [2.05, 4.69) is 5.32 Å². The van der Waals surface area contributed by atoms with Crippen molar-refractivity contribution in [1.82, 2.24) is 5.32 Å². The number of hydrogen-bond donors (Lipinski definition) is 5. The Kier molecular flexibility index (Phi) is 6.19. The summed E-state index contributed by atoms with van der Waals surface area (Å²) >= 11 is 0. The van der Waals surface area contributed by atoms with Crippen LogP contribution >= 0.6 is 0 Å². The molecule has 0 amide bonds. The van der Waals surface area contributed by atoms with E-state index in [0.717, 1.165) is 0 Å². The van der Waals surface area contributed by atoms with Gasteiger partial charge in [0.25, 0.3) is 0 Å². The van der Waals surface area contributed by atoms with Crippen LogP contribution in [0.5, 0.6) is 0 Å². The lowest BCUT2D eigenvalue weighted by Crippen LogP contribution is -2.55. The van der Waals surface area contributed by atoms with E-state index in [4.69, 9.17) is 5.11 Å². The van der Waals surface area contributed by atoms with Gasteiger partial charge in [0.2, 0.25) is 0 Å². The van der Waals surface area contributed by atoms with Crippen molar-refractivity contribution in [3.63, 3.8) is 0 Å². The summed E-state index contributed by atoms with van der Waals surface area (Å²) in [6.07, 6.45) is 0.803. The minimum absolute atomic E-state index is 0.191. The SMILES string of the molecule is CC1(C)C=C(C(C(=O)O)C(C(=O)O)C(CC(=O)O)C(=O)O)CC(C)(C)N1. The van der Waals surface area contributed by atoms with E-state index in [1.807, 2.05) is 13.8 Å². The van der Waals surface area contributed by atoms with Gasteiger partial charge in [-0.15, -0.1) is 0 Å². The summed E-state index contributed by atoms with van der Waals surface area (Å²) < 4.78 is 0. The summed E-state index contributed by atoms with van der Waals surface area (Å²) in [5, 5.41) is 40.8. The Bertz CT molecular complexity index is 649. The zero-order valence-corrected chi connectivity index (χ0v) is 15.1. The summed E-state index contributed by atoms with van der Waals surface area (Å²) in [5.74, 6) is -11.7. The molecule has 9 heteroatoms. The fourth-order valence-corrected chi connectivity index (χ4v) is 3.82. The first-order valence-corrected chi connectivity index (χ1v) is 8.08. The highest BCUT2D eigenvalue weighted by Gasteiger charge is 2.48. The quantitative estimate of drug-likeness (QED) is 0.392. The van der Waals surface area contributed by atoms with Crippen molar-refractivity contribution in [3.05, 3.63) is 11.6 Å². The number of nitrogens with one attached hydrogen (secondary N) is 1. The molecular formula is C17H25NO8. The lowest BCUT2D eigenvalue weighted by molar-refractivity contribution is -0.163. The standard InChI is InChI=1S/C17H25NO8/c1-16(2)6-8(7-17(3,4)18-16)11(14(23)24)12(15(25)26)9(13(21)22)5-10(19)20/h6,9,11-12,18H,5,7H2,1-4H3,(H,19,20)(H,21,22)(H,23,24)(H,25,26). The van der Waals surface area contributed by atoms with E-state index in [0.29, 0.717) is 0 Å². The molecule has 0 aliphatic carbocycles. The zero-order chi connectivity index (χ0) is 20.4. The molecule has 1 heterocycles. The first-order chi connectivity index (χ1) is 11.7. The topological polar surface area (TPSA) is 161 Å². The molecule has 1 rings (SSSR count). The van der Waals surface area contributed by atoms with Crippen molar-refractivity contribution >= 4 is 23.9 Å². The molecule has 0 saturated carbocycles. The van der Waals surface area contributed by atoms with Crippen molar-refractivity contribution < 1.29 is 39.6 Å². The summed E-state index contributed by atoms with van der Waals surface area (Å²) in [7, 11) is 0. The van der Waals surface area contributed by atoms with Gasteiger partial charge in [0.05, 0.1) is 24.2 Å². The molecule has 0 bridgehead atoms. The maximum atomic E-state index is 11.9. The molecule has 0 saturated heterocycles. The normalized spacial score (nSPS) is 21.8. The van der Waals surface area contributed by atoms with E-state index < -0.39 is 59.1 Å². The summed E-state index contributed by atoms with van der Waals surface area (Å²) in [5.41, 5.74) is -0.912. The molecular weight excluding hydrogens is 346 g/mol. The van der Waals surface area contributed by atoms with Crippen LogP contribution in [0.25, 0.3) is 0 Å². The molecule has 0 fully saturated rings. The number of carbonyl (C=O) groups is 4. The van der Waals surface area contributed by atoms with Crippen LogP contribution in [0.4, 0.5) is 0 Å². The van der Waals surface area contributed by atoms with Gasteiger partial charge < -0.3 is 25.7 Å². The van der Waals surface area contributed by atoms with Crippen LogP contribution in [0.15, 0.2) is 11.6 Å². The van der Waals surface area contributed by atoms with E-state index in [1.54, 1.807) is 19.9 Å². The van der Waals surface area contributed by atoms with E-state index in [1.165, 1.54) is 0 Å². The van der Waals surface area contributed by atoms with Crippen LogP contribution < -0.4 is 5.32 Å². The maximum absolute atomic E-state index is 11.9. The van der Waals surface area contributed by atoms with Gasteiger partial charge in [-0.3, -0.25) is 19.2 Å².